The molecule has 0 aliphatic rings. The number of para-hydroxylation sites is 1. The molecule has 0 saturated carbocycles. The second kappa shape index (κ2) is 7.52. The highest BCUT2D eigenvalue weighted by Crippen LogP contribution is 2.24. The van der Waals surface area contributed by atoms with Crippen LogP contribution in [0.1, 0.15) is 26.3 Å². The lowest BCUT2D eigenvalue weighted by Gasteiger charge is -2.19. The lowest BCUT2D eigenvalue weighted by atomic mass is 9.99. The van der Waals surface area contributed by atoms with Gasteiger partial charge in [-0.3, -0.25) is 4.79 Å². The van der Waals surface area contributed by atoms with Gasteiger partial charge in [0, 0.05) is 10.0 Å². The summed E-state index contributed by atoms with van der Waals surface area (Å²) in [5.41, 5.74) is 0.0667. The molecule has 1 N–H and O–H groups in total. The molecule has 0 amide bonds. The first-order valence-electron chi connectivity index (χ1n) is 8.45. The zero-order valence-corrected chi connectivity index (χ0v) is 16.9. The van der Waals surface area contributed by atoms with Crippen molar-refractivity contribution < 1.29 is 4.74 Å². The van der Waals surface area contributed by atoms with Crippen LogP contribution in [0.25, 0.3) is 10.9 Å². The normalized spacial score (nSPS) is 12.0. The summed E-state index contributed by atoms with van der Waals surface area (Å²) in [6.07, 6.45) is 1.45. The fourth-order valence-electron chi connectivity index (χ4n) is 2.42. The number of rotatable bonds is 4. The van der Waals surface area contributed by atoms with E-state index in [4.69, 9.17) is 4.74 Å². The Morgan fingerprint density at radius 2 is 1.93 bits per heavy atom. The average Bonchev–Trinajstić information content (AvgIpc) is 2.60. The van der Waals surface area contributed by atoms with Gasteiger partial charge in [-0.05, 0) is 35.7 Å². The Labute approximate surface area is 164 Å². The Kier molecular flexibility index (Phi) is 5.32. The first kappa shape index (κ1) is 19.1. The van der Waals surface area contributed by atoms with Crippen molar-refractivity contribution in [1.82, 2.24) is 9.66 Å². The van der Waals surface area contributed by atoms with Crippen LogP contribution in [0.15, 0.2) is 61.6 Å². The number of nitrogens with zero attached hydrogens (tertiary/aromatic N) is 2. The number of nitrogens with one attached hydrogen (secondary N) is 1. The minimum Gasteiger partial charge on any atom is -0.492 e. The van der Waals surface area contributed by atoms with Crippen LogP contribution in [-0.4, -0.2) is 22.5 Å². The van der Waals surface area contributed by atoms with Crippen molar-refractivity contribution >= 4 is 33.0 Å². The van der Waals surface area contributed by atoms with Gasteiger partial charge in [0.25, 0.3) is 5.56 Å². The van der Waals surface area contributed by atoms with E-state index in [1.54, 1.807) is 24.3 Å². The second-order valence-corrected chi connectivity index (χ2v) is 8.28. The Bertz CT molecular complexity index is 1120. The molecule has 0 aliphatic heterocycles. The van der Waals surface area contributed by atoms with E-state index in [1.165, 1.54) is 6.21 Å². The molecule has 0 atom stereocenters. The van der Waals surface area contributed by atoms with Crippen LogP contribution in [0.3, 0.4) is 0 Å². The van der Waals surface area contributed by atoms with Crippen molar-refractivity contribution in [3.05, 3.63) is 73.3 Å². The highest BCUT2D eigenvalue weighted by atomic mass is 79.9. The zero-order valence-electron chi connectivity index (χ0n) is 15.3. The number of hydrogen-bond acceptors (Lipinski definition) is 4. The molecule has 0 aliphatic carbocycles. The third kappa shape index (κ3) is 4.54. The maximum Gasteiger partial charge on any atom is 0.349 e. The summed E-state index contributed by atoms with van der Waals surface area (Å²) in [4.78, 5) is 27.5. The van der Waals surface area contributed by atoms with Gasteiger partial charge in [0.15, 0.2) is 0 Å². The molecule has 0 unspecified atom stereocenters. The lowest BCUT2D eigenvalue weighted by Crippen LogP contribution is -2.32. The summed E-state index contributed by atoms with van der Waals surface area (Å²) in [7, 11) is 0. The molecular formula is C20H20BrN3O3. The van der Waals surface area contributed by atoms with Gasteiger partial charge in [-0.1, -0.05) is 48.8 Å². The van der Waals surface area contributed by atoms with Crippen LogP contribution in [0.4, 0.5) is 0 Å². The van der Waals surface area contributed by atoms with E-state index in [9.17, 15) is 9.59 Å². The van der Waals surface area contributed by atoms with Gasteiger partial charge in [-0.25, -0.2) is 4.79 Å². The third-order valence-corrected chi connectivity index (χ3v) is 4.22. The number of H-pyrrole nitrogens is 1. The largest absolute Gasteiger partial charge is 0.492 e. The van der Waals surface area contributed by atoms with E-state index in [1.807, 2.05) is 18.2 Å². The predicted molar refractivity (Wildman–Crippen MR) is 111 cm³/mol. The molecule has 6 nitrogen and oxygen atoms in total. The molecule has 27 heavy (non-hydrogen) atoms. The van der Waals surface area contributed by atoms with Gasteiger partial charge in [0.1, 0.15) is 5.75 Å². The van der Waals surface area contributed by atoms with E-state index < -0.39 is 11.2 Å². The molecule has 1 aromatic heterocycles. The van der Waals surface area contributed by atoms with E-state index >= 15 is 0 Å². The number of halogens is 1. The van der Waals surface area contributed by atoms with Crippen LogP contribution < -0.4 is 16.0 Å². The standard InChI is InChI=1S/C20H20BrN3O3/c1-20(2,3)12-27-17-9-8-14(21)10-13(17)11-22-24-18(25)15-6-4-5-7-16(15)23-19(24)26/h4-11H,12H2,1-3H3,(H,23,26). The molecule has 140 valence electrons. The molecule has 0 bridgehead atoms. The number of aromatic nitrogens is 2. The van der Waals surface area contributed by atoms with Crippen molar-refractivity contribution in [1.29, 1.82) is 0 Å². The predicted octanol–water partition coefficient (Wildman–Crippen LogP) is 3.76. The molecular weight excluding hydrogens is 410 g/mol. The smallest absolute Gasteiger partial charge is 0.349 e. The van der Waals surface area contributed by atoms with Crippen LogP contribution in [0.5, 0.6) is 5.75 Å². The molecule has 0 spiro atoms. The van der Waals surface area contributed by atoms with Crippen molar-refractivity contribution in [2.45, 2.75) is 20.8 Å². The van der Waals surface area contributed by atoms with E-state index in [0.29, 0.717) is 28.8 Å². The molecule has 1 heterocycles. The number of ether oxygens (including phenoxy) is 1. The monoisotopic (exact) mass is 429 g/mol. The number of aromatic amines is 1. The van der Waals surface area contributed by atoms with Crippen molar-refractivity contribution in [2.75, 3.05) is 6.61 Å². The maximum atomic E-state index is 12.6. The maximum absolute atomic E-state index is 12.6. The minimum absolute atomic E-state index is 0.00603. The zero-order chi connectivity index (χ0) is 19.6. The molecule has 7 heteroatoms. The van der Waals surface area contributed by atoms with Crippen LogP contribution in [-0.2, 0) is 0 Å². The first-order valence-corrected chi connectivity index (χ1v) is 9.25. The lowest BCUT2D eigenvalue weighted by molar-refractivity contribution is 0.197. The van der Waals surface area contributed by atoms with Gasteiger partial charge in [-0.2, -0.15) is 5.10 Å². The van der Waals surface area contributed by atoms with E-state index in [0.717, 1.165) is 9.15 Å². The Balaban J connectivity index is 2.02. The average molecular weight is 430 g/mol. The highest BCUT2D eigenvalue weighted by molar-refractivity contribution is 9.10. The fraction of sp³-hybridized carbons (Fsp3) is 0.250. The second-order valence-electron chi connectivity index (χ2n) is 7.37. The third-order valence-electron chi connectivity index (χ3n) is 3.73. The quantitative estimate of drug-likeness (QED) is 0.641. The minimum atomic E-state index is -0.595. The van der Waals surface area contributed by atoms with Gasteiger partial charge < -0.3 is 9.72 Å². The van der Waals surface area contributed by atoms with Crippen LogP contribution in [0, 0.1) is 5.41 Å². The molecule has 3 rings (SSSR count). The summed E-state index contributed by atoms with van der Waals surface area (Å²) in [6, 6.07) is 12.3. The van der Waals surface area contributed by atoms with Gasteiger partial charge in [-0.15, -0.1) is 4.68 Å². The molecule has 0 radical (unpaired) electrons. The molecule has 0 fully saturated rings. The fourth-order valence-corrected chi connectivity index (χ4v) is 2.80. The summed E-state index contributed by atoms with van der Waals surface area (Å²) in [5, 5.41) is 4.50. The number of benzene rings is 2. The van der Waals surface area contributed by atoms with Crippen LogP contribution in [0.2, 0.25) is 0 Å². The summed E-state index contributed by atoms with van der Waals surface area (Å²) < 4.78 is 7.55. The number of hydrogen-bond donors (Lipinski definition) is 1. The highest BCUT2D eigenvalue weighted by Gasteiger charge is 2.13. The summed E-state index contributed by atoms with van der Waals surface area (Å²) >= 11 is 3.42. The summed E-state index contributed by atoms with van der Waals surface area (Å²) in [5.74, 6) is 0.627. The molecule has 2 aromatic carbocycles. The summed E-state index contributed by atoms with van der Waals surface area (Å²) in [6.45, 7) is 6.75. The first-order chi connectivity index (χ1) is 12.7. The van der Waals surface area contributed by atoms with Crippen LogP contribution >= 0.6 is 15.9 Å². The van der Waals surface area contributed by atoms with Crippen molar-refractivity contribution in [2.24, 2.45) is 10.5 Å². The topological polar surface area (TPSA) is 76.5 Å². The molecule has 3 aromatic rings. The van der Waals surface area contributed by atoms with Gasteiger partial charge >= 0.3 is 5.69 Å². The SMILES string of the molecule is CC(C)(C)COc1ccc(Br)cc1C=Nn1c(=O)[nH]c2ccccc2c1=O. The Hall–Kier alpha value is -2.67. The number of fused-ring (bicyclic) bond motifs is 1. The Morgan fingerprint density at radius 3 is 2.67 bits per heavy atom. The Morgan fingerprint density at radius 1 is 1.19 bits per heavy atom. The van der Waals surface area contributed by atoms with Gasteiger partial charge in [0.2, 0.25) is 0 Å². The van der Waals surface area contributed by atoms with E-state index in [-0.39, 0.29) is 5.41 Å². The molecule has 0 saturated heterocycles. The van der Waals surface area contributed by atoms with E-state index in [2.05, 4.69) is 46.8 Å². The van der Waals surface area contributed by atoms with Crippen molar-refractivity contribution in [3.63, 3.8) is 0 Å². The van der Waals surface area contributed by atoms with Gasteiger partial charge in [0.05, 0.1) is 23.7 Å². The van der Waals surface area contributed by atoms with Crippen molar-refractivity contribution in [3.8, 4) is 5.75 Å².